The Bertz CT molecular complexity index is 2520. The second-order valence-corrected chi connectivity index (χ2v) is 17.0. The molecule has 0 saturated carbocycles. The molecule has 8 rings (SSSR count). The zero-order valence-electron chi connectivity index (χ0n) is 31.9. The van der Waals surface area contributed by atoms with E-state index in [0.717, 1.165) is 61.4 Å². The molecule has 8 aromatic rings. The first-order valence-electron chi connectivity index (χ1n) is 17.9. The summed E-state index contributed by atoms with van der Waals surface area (Å²) in [5, 5.41) is 3.36. The van der Waals surface area contributed by atoms with Crippen LogP contribution < -0.4 is 0 Å². The summed E-state index contributed by atoms with van der Waals surface area (Å²) in [7, 11) is 0. The van der Waals surface area contributed by atoms with E-state index in [1.54, 1.807) is 11.3 Å². The Hall–Kier alpha value is -4.48. The van der Waals surface area contributed by atoms with Crippen LogP contribution in [0.2, 0.25) is 0 Å². The Balaban J connectivity index is 0.000000289. The Morgan fingerprint density at radius 2 is 1.51 bits per heavy atom. The van der Waals surface area contributed by atoms with Gasteiger partial charge < -0.3 is 14.4 Å². The van der Waals surface area contributed by atoms with E-state index in [0.29, 0.717) is 0 Å². The third-order valence-corrected chi connectivity index (χ3v) is 10.7. The number of furan rings is 1. The number of hydrogen-bond donors (Lipinski definition) is 0. The fourth-order valence-electron chi connectivity index (χ4n) is 6.72. The van der Waals surface area contributed by atoms with Gasteiger partial charge >= 0.3 is 0 Å². The molecular weight excluding hydrogens is 847 g/mol. The standard InChI is InChI=1S/C35H35N2OS.C12H10N.Ir/c1-20-11-9-12-21(2)29(20)25-19-36-27(17-22(25)18-34(3,4)5)23-13-10-14-24-30-28(38-31(23)24)16-15-26-32(30)39-33(37-26)35(6,7)8;1-10-7-8-12(13-9-10)11-5-3-2-4-6-11;/h9-12,14-17,19H,18H2,1-8H3;2-5,7-9H,1H3;/q2*-1;. The van der Waals surface area contributed by atoms with Crippen LogP contribution in [0.15, 0.2) is 102 Å². The minimum absolute atomic E-state index is 0. The molecule has 0 spiro atoms. The van der Waals surface area contributed by atoms with Crippen LogP contribution >= 0.6 is 11.3 Å². The van der Waals surface area contributed by atoms with Gasteiger partial charge in [0, 0.05) is 48.9 Å². The van der Waals surface area contributed by atoms with Crippen LogP contribution in [0, 0.1) is 38.3 Å². The van der Waals surface area contributed by atoms with Crippen LogP contribution in [0.4, 0.5) is 0 Å². The fourth-order valence-corrected chi connectivity index (χ4v) is 7.89. The molecule has 1 radical (unpaired) electrons. The third-order valence-electron chi connectivity index (χ3n) is 9.21. The molecule has 0 aliphatic rings. The van der Waals surface area contributed by atoms with Crippen LogP contribution in [0.1, 0.15) is 68.8 Å². The molecule has 0 aliphatic heterocycles. The summed E-state index contributed by atoms with van der Waals surface area (Å²) in [6.45, 7) is 19.9. The number of pyridine rings is 2. The van der Waals surface area contributed by atoms with E-state index in [-0.39, 0.29) is 30.9 Å². The van der Waals surface area contributed by atoms with Gasteiger partial charge in [0.2, 0.25) is 0 Å². The number of thiazole rings is 1. The van der Waals surface area contributed by atoms with Gasteiger partial charge in [-0.15, -0.1) is 65.4 Å². The van der Waals surface area contributed by atoms with Crippen LogP contribution in [0.3, 0.4) is 0 Å². The van der Waals surface area contributed by atoms with E-state index in [9.17, 15) is 0 Å². The average Bonchev–Trinajstić information content (AvgIpc) is 3.71. The van der Waals surface area contributed by atoms with Crippen molar-refractivity contribution in [2.45, 2.75) is 74.1 Å². The zero-order valence-corrected chi connectivity index (χ0v) is 35.1. The van der Waals surface area contributed by atoms with E-state index in [4.69, 9.17) is 14.4 Å². The summed E-state index contributed by atoms with van der Waals surface area (Å²) in [6.07, 6.45) is 4.87. The Kier molecular flexibility index (Phi) is 10.9. The fraction of sp³-hybridized carbons (Fsp3) is 0.255. The average molecular weight is 892 g/mol. The number of benzene rings is 4. The summed E-state index contributed by atoms with van der Waals surface area (Å²) in [5.41, 5.74) is 14.2. The normalized spacial score (nSPS) is 11.8. The van der Waals surface area contributed by atoms with Crippen LogP contribution in [-0.2, 0) is 31.9 Å². The van der Waals surface area contributed by atoms with Crippen LogP contribution in [0.5, 0.6) is 0 Å². The van der Waals surface area contributed by atoms with E-state index < -0.39 is 0 Å². The first-order chi connectivity index (χ1) is 24.8. The molecule has 0 aliphatic carbocycles. The maximum absolute atomic E-state index is 6.54. The van der Waals surface area contributed by atoms with Gasteiger partial charge in [-0.1, -0.05) is 88.9 Å². The van der Waals surface area contributed by atoms with Gasteiger partial charge in [-0.05, 0) is 83.9 Å². The molecule has 4 heterocycles. The number of aromatic nitrogens is 3. The van der Waals surface area contributed by atoms with Crippen LogP contribution in [-0.4, -0.2) is 15.0 Å². The van der Waals surface area contributed by atoms with E-state index >= 15 is 0 Å². The predicted octanol–water partition coefficient (Wildman–Crippen LogP) is 13.1. The van der Waals surface area contributed by atoms with Crippen LogP contribution in [0.25, 0.3) is 65.8 Å². The second-order valence-electron chi connectivity index (χ2n) is 16.0. The summed E-state index contributed by atoms with van der Waals surface area (Å²) in [4.78, 5) is 14.3. The van der Waals surface area contributed by atoms with Gasteiger partial charge in [-0.25, -0.2) is 4.98 Å². The third kappa shape index (κ3) is 8.06. The summed E-state index contributed by atoms with van der Waals surface area (Å²) < 4.78 is 7.72. The largest absolute Gasteiger partial charge is 0.501 e. The topological polar surface area (TPSA) is 51.8 Å². The Labute approximate surface area is 331 Å². The van der Waals surface area contributed by atoms with Gasteiger partial charge in [-0.2, -0.15) is 0 Å². The van der Waals surface area contributed by atoms with Gasteiger partial charge in [-0.3, -0.25) is 0 Å². The zero-order chi connectivity index (χ0) is 36.8. The van der Waals surface area contributed by atoms with Crippen molar-refractivity contribution in [1.82, 2.24) is 15.0 Å². The second kappa shape index (κ2) is 15.1. The molecule has 53 heavy (non-hydrogen) atoms. The van der Waals surface area contributed by atoms with Crippen molar-refractivity contribution in [1.29, 1.82) is 0 Å². The molecule has 0 saturated heterocycles. The molecule has 4 aromatic carbocycles. The monoisotopic (exact) mass is 892 g/mol. The summed E-state index contributed by atoms with van der Waals surface area (Å²) in [6, 6.07) is 35.5. The van der Waals surface area contributed by atoms with E-state index in [1.165, 1.54) is 38.1 Å². The number of hydrogen-bond acceptors (Lipinski definition) is 5. The van der Waals surface area contributed by atoms with Crippen molar-refractivity contribution in [3.05, 3.63) is 137 Å². The number of rotatable bonds is 4. The molecule has 0 atom stereocenters. The Morgan fingerprint density at radius 1 is 0.755 bits per heavy atom. The molecule has 0 unspecified atom stereocenters. The van der Waals surface area contributed by atoms with Gasteiger partial charge in [0.15, 0.2) is 0 Å². The molecule has 4 nitrogen and oxygen atoms in total. The minimum Gasteiger partial charge on any atom is -0.501 e. The maximum Gasteiger partial charge on any atom is 0.122 e. The number of aryl methyl sites for hydroxylation is 3. The quantitative estimate of drug-likeness (QED) is 0.165. The molecule has 0 fully saturated rings. The molecule has 6 heteroatoms. The number of nitrogens with zero attached hydrogens (tertiary/aromatic N) is 3. The van der Waals surface area contributed by atoms with Crippen molar-refractivity contribution in [2.75, 3.05) is 0 Å². The van der Waals surface area contributed by atoms with Crippen molar-refractivity contribution in [3.8, 4) is 33.6 Å². The van der Waals surface area contributed by atoms with Crippen molar-refractivity contribution in [3.63, 3.8) is 0 Å². The SMILES string of the molecule is Cc1ccc(-c2[c-]cccc2)nc1.Cc1cccc(C)c1-c1cnc(-c2[c-]ccc3c2oc2ccc4nc(C(C)(C)C)sc4c23)cc1CC(C)(C)C.[Ir]. The molecule has 0 bridgehead atoms. The van der Waals surface area contributed by atoms with Gasteiger partial charge in [0.05, 0.1) is 20.8 Å². The van der Waals surface area contributed by atoms with Gasteiger partial charge in [0.25, 0.3) is 0 Å². The molecule has 0 N–H and O–H groups in total. The van der Waals surface area contributed by atoms with Crippen molar-refractivity contribution in [2.24, 2.45) is 5.41 Å². The first-order valence-corrected chi connectivity index (χ1v) is 18.7. The Morgan fingerprint density at radius 3 is 2.17 bits per heavy atom. The minimum atomic E-state index is -0.000922. The van der Waals surface area contributed by atoms with Crippen molar-refractivity contribution < 1.29 is 24.5 Å². The molecule has 0 amide bonds. The molecule has 4 aromatic heterocycles. The molecule has 271 valence electrons. The predicted molar refractivity (Wildman–Crippen MR) is 219 cm³/mol. The summed E-state index contributed by atoms with van der Waals surface area (Å²) in [5.74, 6) is 0. The van der Waals surface area contributed by atoms with Crippen molar-refractivity contribution >= 4 is 43.5 Å². The smallest absolute Gasteiger partial charge is 0.122 e. The van der Waals surface area contributed by atoms with Gasteiger partial charge in [0.1, 0.15) is 5.58 Å². The maximum atomic E-state index is 6.54. The van der Waals surface area contributed by atoms with E-state index in [1.807, 2.05) is 49.5 Å². The van der Waals surface area contributed by atoms with E-state index in [2.05, 4.69) is 127 Å². The first kappa shape index (κ1) is 38.3. The number of fused-ring (bicyclic) bond motifs is 5. The summed E-state index contributed by atoms with van der Waals surface area (Å²) >= 11 is 1.77. The molecular formula is C47H45IrN3OS-2.